The summed E-state index contributed by atoms with van der Waals surface area (Å²) >= 11 is 0. The lowest BCUT2D eigenvalue weighted by atomic mass is 9.77. The topological polar surface area (TPSA) is 17.1 Å². The number of carbonyl (C=O) groups excluding carboxylic acids is 1. The molecule has 1 heteroatoms. The van der Waals surface area contributed by atoms with Crippen LogP contribution >= 0.6 is 0 Å². The lowest BCUT2D eigenvalue weighted by Gasteiger charge is -2.24. The molecule has 0 aliphatic heterocycles. The fraction of sp³-hybridized carbons (Fsp3) is 0.278. The zero-order valence-electron chi connectivity index (χ0n) is 12.0. The van der Waals surface area contributed by atoms with Gasteiger partial charge in [-0.3, -0.25) is 4.79 Å². The van der Waals surface area contributed by atoms with Gasteiger partial charge in [0.15, 0.2) is 5.78 Å². The Morgan fingerprint density at radius 1 is 0.947 bits per heavy atom. The second-order valence-corrected chi connectivity index (χ2v) is 5.64. The molecular weight excluding hydrogens is 232 g/mol. The highest BCUT2D eigenvalue weighted by molar-refractivity contribution is 6.04. The summed E-state index contributed by atoms with van der Waals surface area (Å²) in [5.41, 5.74) is 3.55. The molecule has 0 spiro atoms. The van der Waals surface area contributed by atoms with Crippen molar-refractivity contribution in [1.29, 1.82) is 0 Å². The molecule has 0 bridgehead atoms. The number of aryl methyl sites for hydroxylation is 2. The van der Waals surface area contributed by atoms with Crippen molar-refractivity contribution in [3.05, 3.63) is 70.8 Å². The quantitative estimate of drug-likeness (QED) is 0.737. The minimum absolute atomic E-state index is 0.180. The Balaban J connectivity index is 2.46. The molecule has 0 unspecified atom stereocenters. The van der Waals surface area contributed by atoms with Crippen LogP contribution in [0.5, 0.6) is 0 Å². The van der Waals surface area contributed by atoms with E-state index in [1.54, 1.807) is 0 Å². The molecule has 1 nitrogen and oxygen atoms in total. The van der Waals surface area contributed by atoms with Gasteiger partial charge in [-0.25, -0.2) is 0 Å². The highest BCUT2D eigenvalue weighted by Gasteiger charge is 2.31. The van der Waals surface area contributed by atoms with Crippen LogP contribution in [0.15, 0.2) is 48.5 Å². The average Bonchev–Trinajstić information content (AvgIpc) is 2.41. The van der Waals surface area contributed by atoms with Gasteiger partial charge in [0.1, 0.15) is 0 Å². The summed E-state index contributed by atoms with van der Waals surface area (Å²) in [6, 6.07) is 16.0. The highest BCUT2D eigenvalue weighted by atomic mass is 16.1. The Hall–Kier alpha value is -1.89. The third kappa shape index (κ3) is 2.60. The molecular formula is C18H20O. The van der Waals surface area contributed by atoms with Gasteiger partial charge < -0.3 is 0 Å². The van der Waals surface area contributed by atoms with Crippen LogP contribution in [0, 0.1) is 13.8 Å². The smallest absolute Gasteiger partial charge is 0.173 e. The van der Waals surface area contributed by atoms with E-state index in [1.165, 1.54) is 0 Å². The number of rotatable bonds is 3. The van der Waals surface area contributed by atoms with Crippen molar-refractivity contribution in [3.8, 4) is 0 Å². The number of hydrogen-bond acceptors (Lipinski definition) is 1. The number of hydrogen-bond donors (Lipinski definition) is 0. The van der Waals surface area contributed by atoms with E-state index in [0.717, 1.165) is 22.3 Å². The van der Waals surface area contributed by atoms with E-state index in [0.29, 0.717) is 0 Å². The van der Waals surface area contributed by atoms with Crippen molar-refractivity contribution in [1.82, 2.24) is 0 Å². The predicted octanol–water partition coefficient (Wildman–Crippen LogP) is 4.46. The summed E-state index contributed by atoms with van der Waals surface area (Å²) in [5.74, 6) is 0.180. The van der Waals surface area contributed by atoms with Crippen LogP contribution in [-0.4, -0.2) is 5.78 Å². The summed E-state index contributed by atoms with van der Waals surface area (Å²) in [5, 5.41) is 0. The van der Waals surface area contributed by atoms with Crippen LogP contribution in [0.25, 0.3) is 0 Å². The van der Waals surface area contributed by atoms with E-state index in [1.807, 2.05) is 76.2 Å². The molecule has 2 aromatic rings. The van der Waals surface area contributed by atoms with Crippen LogP contribution in [0.2, 0.25) is 0 Å². The summed E-state index contributed by atoms with van der Waals surface area (Å²) in [6.45, 7) is 8.00. The van der Waals surface area contributed by atoms with Crippen LogP contribution in [0.4, 0.5) is 0 Å². The first-order chi connectivity index (χ1) is 8.93. The number of benzene rings is 2. The summed E-state index contributed by atoms with van der Waals surface area (Å²) in [6.07, 6.45) is 0. The molecule has 0 heterocycles. The standard InChI is InChI=1S/C18H20O/c1-13-10-11-14(2)16(12-13)17(19)18(3,4)15-8-6-5-7-9-15/h5-12H,1-4H3. The first-order valence-corrected chi connectivity index (χ1v) is 6.60. The summed E-state index contributed by atoms with van der Waals surface area (Å²) in [7, 11) is 0. The van der Waals surface area contributed by atoms with E-state index < -0.39 is 5.41 Å². The Morgan fingerprint density at radius 3 is 2.21 bits per heavy atom. The molecule has 0 aliphatic carbocycles. The molecule has 0 radical (unpaired) electrons. The number of Topliss-reactive ketones (excluding diaryl/α,β-unsaturated/α-hetero) is 1. The normalized spacial score (nSPS) is 11.4. The van der Waals surface area contributed by atoms with Crippen molar-refractivity contribution >= 4 is 5.78 Å². The van der Waals surface area contributed by atoms with Crippen LogP contribution in [-0.2, 0) is 5.41 Å². The van der Waals surface area contributed by atoms with Gasteiger partial charge in [-0.05, 0) is 44.9 Å². The molecule has 0 aliphatic rings. The maximum absolute atomic E-state index is 12.8. The number of ketones is 1. The van der Waals surface area contributed by atoms with Crippen LogP contribution in [0.1, 0.15) is 40.9 Å². The lowest BCUT2D eigenvalue weighted by molar-refractivity contribution is 0.0908. The minimum atomic E-state index is -0.500. The Bertz CT molecular complexity index is 594. The summed E-state index contributed by atoms with van der Waals surface area (Å²) in [4.78, 5) is 12.8. The Labute approximate surface area is 115 Å². The second kappa shape index (κ2) is 5.00. The molecule has 2 aromatic carbocycles. The van der Waals surface area contributed by atoms with Crippen molar-refractivity contribution in [2.45, 2.75) is 33.1 Å². The monoisotopic (exact) mass is 252 g/mol. The SMILES string of the molecule is Cc1ccc(C)c(C(=O)C(C)(C)c2ccccc2)c1. The molecule has 0 saturated carbocycles. The van der Waals surface area contributed by atoms with Gasteiger partial charge in [-0.15, -0.1) is 0 Å². The van der Waals surface area contributed by atoms with E-state index >= 15 is 0 Å². The molecule has 19 heavy (non-hydrogen) atoms. The first-order valence-electron chi connectivity index (χ1n) is 6.60. The van der Waals surface area contributed by atoms with Crippen molar-refractivity contribution < 1.29 is 4.79 Å². The van der Waals surface area contributed by atoms with Gasteiger partial charge in [0, 0.05) is 5.56 Å². The molecule has 2 rings (SSSR count). The average molecular weight is 252 g/mol. The Morgan fingerprint density at radius 2 is 1.58 bits per heavy atom. The molecule has 0 aromatic heterocycles. The van der Waals surface area contributed by atoms with Crippen molar-refractivity contribution in [3.63, 3.8) is 0 Å². The third-order valence-corrected chi connectivity index (χ3v) is 3.70. The van der Waals surface area contributed by atoms with Crippen LogP contribution < -0.4 is 0 Å². The maximum Gasteiger partial charge on any atom is 0.173 e. The van der Waals surface area contributed by atoms with Gasteiger partial charge in [0.25, 0.3) is 0 Å². The van der Waals surface area contributed by atoms with Crippen LogP contribution in [0.3, 0.4) is 0 Å². The van der Waals surface area contributed by atoms with Gasteiger partial charge in [-0.1, -0.05) is 48.0 Å². The summed E-state index contributed by atoms with van der Waals surface area (Å²) < 4.78 is 0. The van der Waals surface area contributed by atoms with Gasteiger partial charge in [0.05, 0.1) is 5.41 Å². The second-order valence-electron chi connectivity index (χ2n) is 5.64. The molecule has 0 saturated heterocycles. The first kappa shape index (κ1) is 13.5. The van der Waals surface area contributed by atoms with E-state index in [4.69, 9.17) is 0 Å². The molecule has 98 valence electrons. The fourth-order valence-corrected chi connectivity index (χ4v) is 2.30. The predicted molar refractivity (Wildman–Crippen MR) is 79.7 cm³/mol. The van der Waals surface area contributed by atoms with Crippen molar-refractivity contribution in [2.75, 3.05) is 0 Å². The molecule has 0 fully saturated rings. The zero-order chi connectivity index (χ0) is 14.0. The fourth-order valence-electron chi connectivity index (χ4n) is 2.30. The zero-order valence-corrected chi connectivity index (χ0v) is 12.0. The van der Waals surface area contributed by atoms with E-state index in [-0.39, 0.29) is 5.78 Å². The third-order valence-electron chi connectivity index (χ3n) is 3.70. The van der Waals surface area contributed by atoms with E-state index in [9.17, 15) is 4.79 Å². The van der Waals surface area contributed by atoms with Gasteiger partial charge >= 0.3 is 0 Å². The largest absolute Gasteiger partial charge is 0.293 e. The highest BCUT2D eigenvalue weighted by Crippen LogP contribution is 2.29. The van der Waals surface area contributed by atoms with E-state index in [2.05, 4.69) is 0 Å². The lowest BCUT2D eigenvalue weighted by Crippen LogP contribution is -2.29. The molecule has 0 amide bonds. The molecule has 0 atom stereocenters. The number of carbonyl (C=O) groups is 1. The van der Waals surface area contributed by atoms with Gasteiger partial charge in [-0.2, -0.15) is 0 Å². The molecule has 0 N–H and O–H groups in total. The van der Waals surface area contributed by atoms with Crippen molar-refractivity contribution in [2.24, 2.45) is 0 Å². The minimum Gasteiger partial charge on any atom is -0.293 e. The Kier molecular flexibility index (Phi) is 3.57. The maximum atomic E-state index is 12.8. The van der Waals surface area contributed by atoms with Gasteiger partial charge in [0.2, 0.25) is 0 Å².